The summed E-state index contributed by atoms with van der Waals surface area (Å²) in [7, 11) is 0. The second-order valence-corrected chi connectivity index (χ2v) is 9.44. The van der Waals surface area contributed by atoms with Crippen molar-refractivity contribution in [3.05, 3.63) is 76.0 Å². The molecule has 33 heavy (non-hydrogen) atoms. The first kappa shape index (κ1) is 23.3. The summed E-state index contributed by atoms with van der Waals surface area (Å²) in [6.07, 6.45) is 5.73. The summed E-state index contributed by atoms with van der Waals surface area (Å²) in [5, 5.41) is 0. The summed E-state index contributed by atoms with van der Waals surface area (Å²) in [6.45, 7) is 13.9. The van der Waals surface area contributed by atoms with Crippen molar-refractivity contribution in [2.75, 3.05) is 29.4 Å². The van der Waals surface area contributed by atoms with E-state index in [0.717, 1.165) is 56.4 Å². The van der Waals surface area contributed by atoms with Crippen LogP contribution in [0.3, 0.4) is 0 Å². The Hall–Kier alpha value is -2.88. The molecule has 0 radical (unpaired) electrons. The molecule has 0 atom stereocenters. The molecule has 4 rings (SSSR count). The summed E-state index contributed by atoms with van der Waals surface area (Å²) >= 11 is 0. The molecule has 0 fully saturated rings. The third-order valence-electron chi connectivity index (χ3n) is 6.78. The summed E-state index contributed by atoms with van der Waals surface area (Å²) in [4.78, 5) is 15.1. The Labute approximate surface area is 199 Å². The minimum absolute atomic E-state index is 0.832. The molecule has 0 saturated carbocycles. The highest BCUT2D eigenvalue weighted by Gasteiger charge is 2.23. The lowest BCUT2D eigenvalue weighted by molar-refractivity contribution is 0.683. The maximum atomic E-state index is 5.23. The lowest BCUT2D eigenvalue weighted by Crippen LogP contribution is -2.29. The third kappa shape index (κ3) is 5.21. The van der Waals surface area contributed by atoms with Crippen LogP contribution in [0.4, 0.5) is 17.5 Å². The molecule has 4 nitrogen and oxygen atoms in total. The number of benzene rings is 2. The van der Waals surface area contributed by atoms with Crippen LogP contribution in [0, 0.1) is 27.7 Å². The molecule has 1 aliphatic rings. The van der Waals surface area contributed by atoms with Crippen molar-refractivity contribution in [2.45, 2.75) is 66.7 Å². The Bertz CT molecular complexity index is 1070. The van der Waals surface area contributed by atoms with Gasteiger partial charge in [-0.15, -0.1) is 0 Å². The van der Waals surface area contributed by atoms with Gasteiger partial charge >= 0.3 is 0 Å². The van der Waals surface area contributed by atoms with E-state index in [4.69, 9.17) is 9.97 Å². The summed E-state index contributed by atoms with van der Waals surface area (Å²) in [6, 6.07) is 15.3. The van der Waals surface area contributed by atoms with Crippen LogP contribution in [0.25, 0.3) is 0 Å². The first-order chi connectivity index (χ1) is 16.0. The number of aryl methyl sites for hydroxylation is 5. The molecule has 0 amide bonds. The highest BCUT2D eigenvalue weighted by molar-refractivity contribution is 5.68. The van der Waals surface area contributed by atoms with Gasteiger partial charge in [-0.2, -0.15) is 4.98 Å². The van der Waals surface area contributed by atoms with Gasteiger partial charge in [0.05, 0.1) is 0 Å². The minimum Gasteiger partial charge on any atom is -0.356 e. The average molecular weight is 443 g/mol. The zero-order chi connectivity index (χ0) is 23.4. The van der Waals surface area contributed by atoms with Crippen LogP contribution >= 0.6 is 0 Å². The minimum atomic E-state index is 0.832. The molecule has 0 aliphatic carbocycles. The van der Waals surface area contributed by atoms with E-state index in [2.05, 4.69) is 86.9 Å². The molecule has 1 aliphatic heterocycles. The molecular weight excluding hydrogens is 404 g/mol. The van der Waals surface area contributed by atoms with E-state index in [0.29, 0.717) is 0 Å². The van der Waals surface area contributed by atoms with Gasteiger partial charge in [0.1, 0.15) is 5.82 Å². The average Bonchev–Trinajstić information content (AvgIpc) is 2.99. The maximum Gasteiger partial charge on any atom is 0.232 e. The molecule has 2 aromatic carbocycles. The molecule has 4 heteroatoms. The summed E-state index contributed by atoms with van der Waals surface area (Å²) < 4.78 is 0. The third-order valence-corrected chi connectivity index (χ3v) is 6.78. The van der Waals surface area contributed by atoms with Crippen molar-refractivity contribution < 1.29 is 0 Å². The SMILES string of the molecule is CCN(c1nc(C)c2c(n1)N(CCCc1ccccc1)CCCC2)c1c(C)cc(C)cc1C. The molecule has 2 heterocycles. The maximum absolute atomic E-state index is 5.23. The van der Waals surface area contributed by atoms with E-state index in [1.807, 2.05) is 0 Å². The van der Waals surface area contributed by atoms with Crippen LogP contribution in [0.1, 0.15) is 59.7 Å². The van der Waals surface area contributed by atoms with E-state index in [-0.39, 0.29) is 0 Å². The standard InChI is InChI=1S/C29H38N4/c1-6-33(27-22(3)19-21(2)20-23(27)4)29-30-24(5)26-16-10-11-17-32(28(26)31-29)18-12-15-25-13-8-7-9-14-25/h7-9,13-14,19-20H,6,10-12,15-18H2,1-5H3. The molecule has 0 saturated heterocycles. The fourth-order valence-corrected chi connectivity index (χ4v) is 5.29. The van der Waals surface area contributed by atoms with Crippen molar-refractivity contribution in [2.24, 2.45) is 0 Å². The lowest BCUT2D eigenvalue weighted by Gasteiger charge is -2.29. The van der Waals surface area contributed by atoms with Gasteiger partial charge in [-0.05, 0) is 83.4 Å². The molecule has 0 spiro atoms. The molecule has 3 aromatic rings. The zero-order valence-corrected chi connectivity index (χ0v) is 21.0. The normalized spacial score (nSPS) is 13.5. The van der Waals surface area contributed by atoms with Crippen LogP contribution in [-0.4, -0.2) is 29.6 Å². The Morgan fingerprint density at radius 1 is 0.939 bits per heavy atom. The molecule has 174 valence electrons. The van der Waals surface area contributed by atoms with Crippen LogP contribution in [0.2, 0.25) is 0 Å². The number of anilines is 3. The highest BCUT2D eigenvalue weighted by atomic mass is 15.3. The van der Waals surface area contributed by atoms with Crippen LogP contribution in [0.15, 0.2) is 42.5 Å². The van der Waals surface area contributed by atoms with Gasteiger partial charge in [0, 0.05) is 36.6 Å². The second-order valence-electron chi connectivity index (χ2n) is 9.44. The fraction of sp³-hybridized carbons (Fsp3) is 0.448. The number of fused-ring (bicyclic) bond motifs is 1. The van der Waals surface area contributed by atoms with E-state index in [9.17, 15) is 0 Å². The van der Waals surface area contributed by atoms with Gasteiger partial charge in [-0.25, -0.2) is 4.98 Å². The Morgan fingerprint density at radius 3 is 2.36 bits per heavy atom. The first-order valence-electron chi connectivity index (χ1n) is 12.5. The topological polar surface area (TPSA) is 32.3 Å². The van der Waals surface area contributed by atoms with E-state index in [1.165, 1.54) is 46.3 Å². The van der Waals surface area contributed by atoms with E-state index >= 15 is 0 Å². The molecule has 0 unspecified atom stereocenters. The van der Waals surface area contributed by atoms with Gasteiger partial charge in [-0.3, -0.25) is 0 Å². The van der Waals surface area contributed by atoms with Crippen LogP contribution < -0.4 is 9.80 Å². The smallest absolute Gasteiger partial charge is 0.232 e. The van der Waals surface area contributed by atoms with Gasteiger partial charge in [0.2, 0.25) is 5.95 Å². The lowest BCUT2D eigenvalue weighted by atomic mass is 10.0. The molecule has 0 bridgehead atoms. The van der Waals surface area contributed by atoms with Gasteiger partial charge in [0.15, 0.2) is 0 Å². The number of hydrogen-bond acceptors (Lipinski definition) is 4. The van der Waals surface area contributed by atoms with Gasteiger partial charge in [0.25, 0.3) is 0 Å². The van der Waals surface area contributed by atoms with Crippen molar-refractivity contribution in [1.29, 1.82) is 0 Å². The predicted molar refractivity (Wildman–Crippen MR) is 140 cm³/mol. The van der Waals surface area contributed by atoms with E-state index < -0.39 is 0 Å². The van der Waals surface area contributed by atoms with Gasteiger partial charge < -0.3 is 9.80 Å². The van der Waals surface area contributed by atoms with Crippen molar-refractivity contribution >= 4 is 17.5 Å². The molecule has 1 aromatic heterocycles. The Morgan fingerprint density at radius 2 is 1.67 bits per heavy atom. The Balaban J connectivity index is 1.66. The largest absolute Gasteiger partial charge is 0.356 e. The van der Waals surface area contributed by atoms with Crippen LogP contribution in [0.5, 0.6) is 0 Å². The Kier molecular flexibility index (Phi) is 7.32. The first-order valence-corrected chi connectivity index (χ1v) is 12.5. The van der Waals surface area contributed by atoms with Gasteiger partial charge in [-0.1, -0.05) is 48.0 Å². The molecule has 0 N–H and O–H groups in total. The van der Waals surface area contributed by atoms with Crippen molar-refractivity contribution in [3.63, 3.8) is 0 Å². The monoisotopic (exact) mass is 442 g/mol. The summed E-state index contributed by atoms with van der Waals surface area (Å²) in [5.41, 5.74) is 8.99. The zero-order valence-electron chi connectivity index (χ0n) is 21.0. The van der Waals surface area contributed by atoms with Crippen LogP contribution in [-0.2, 0) is 12.8 Å². The summed E-state index contributed by atoms with van der Waals surface area (Å²) in [5.74, 6) is 1.99. The second kappa shape index (κ2) is 10.4. The fourth-order valence-electron chi connectivity index (χ4n) is 5.29. The van der Waals surface area contributed by atoms with Crippen molar-refractivity contribution in [1.82, 2.24) is 9.97 Å². The number of aromatic nitrogens is 2. The van der Waals surface area contributed by atoms with E-state index in [1.54, 1.807) is 0 Å². The number of nitrogens with zero attached hydrogens (tertiary/aromatic N) is 4. The molecular formula is C29H38N4. The highest BCUT2D eigenvalue weighted by Crippen LogP contribution is 2.34. The quantitative estimate of drug-likeness (QED) is 0.410. The predicted octanol–water partition coefficient (Wildman–Crippen LogP) is 6.64. The number of hydrogen-bond donors (Lipinski definition) is 0. The van der Waals surface area contributed by atoms with Crippen molar-refractivity contribution in [3.8, 4) is 0 Å². The number of rotatable bonds is 7.